The van der Waals surface area contributed by atoms with Gasteiger partial charge in [0.15, 0.2) is 11.0 Å². The summed E-state index contributed by atoms with van der Waals surface area (Å²) in [6.45, 7) is 0. The number of carbonyl (C=O) groups is 1. The lowest BCUT2D eigenvalue weighted by molar-refractivity contribution is -0.113. The highest BCUT2D eigenvalue weighted by atomic mass is 32.2. The number of hydrogen-bond acceptors (Lipinski definition) is 5. The van der Waals surface area contributed by atoms with Crippen LogP contribution in [0.1, 0.15) is 0 Å². The number of ether oxygens (including phenoxy) is 1. The first-order valence-corrected chi connectivity index (χ1v) is 12.3. The Balaban J connectivity index is 1.30. The molecule has 0 radical (unpaired) electrons. The topological polar surface area (TPSA) is 69.0 Å². The molecule has 0 aliphatic heterocycles. The van der Waals surface area contributed by atoms with Crippen LogP contribution in [0, 0.1) is 11.6 Å². The fraction of sp³-hybridized carbons (Fsp3) is 0.0357. The van der Waals surface area contributed by atoms with Gasteiger partial charge in [-0.1, -0.05) is 60.3 Å². The Labute approximate surface area is 215 Å². The van der Waals surface area contributed by atoms with Crippen LogP contribution in [0.2, 0.25) is 0 Å². The summed E-state index contributed by atoms with van der Waals surface area (Å²) in [6, 6.07) is 28.8. The van der Waals surface area contributed by atoms with Crippen molar-refractivity contribution in [1.82, 2.24) is 14.8 Å². The molecular weight excluding hydrogens is 494 g/mol. The van der Waals surface area contributed by atoms with Gasteiger partial charge in [-0.25, -0.2) is 8.78 Å². The molecule has 37 heavy (non-hydrogen) atoms. The van der Waals surface area contributed by atoms with E-state index in [0.717, 1.165) is 17.8 Å². The zero-order valence-corrected chi connectivity index (χ0v) is 20.2. The Morgan fingerprint density at radius 2 is 1.51 bits per heavy atom. The van der Waals surface area contributed by atoms with Crippen molar-refractivity contribution >= 4 is 23.4 Å². The van der Waals surface area contributed by atoms with E-state index in [0.29, 0.717) is 33.7 Å². The van der Waals surface area contributed by atoms with E-state index in [9.17, 15) is 13.6 Å². The molecule has 0 aliphatic carbocycles. The minimum absolute atomic E-state index is 0.00198. The molecule has 1 heterocycles. The lowest BCUT2D eigenvalue weighted by atomic mass is 10.2. The van der Waals surface area contributed by atoms with Crippen molar-refractivity contribution in [2.45, 2.75) is 5.16 Å². The molecule has 0 bridgehead atoms. The van der Waals surface area contributed by atoms with Crippen LogP contribution in [-0.2, 0) is 4.79 Å². The van der Waals surface area contributed by atoms with Crippen LogP contribution in [0.4, 0.5) is 14.5 Å². The number of carbonyl (C=O) groups excluding carboxylic acids is 1. The third kappa shape index (κ3) is 5.84. The molecular formula is C28H20F2N4O2S. The van der Waals surface area contributed by atoms with Crippen LogP contribution in [0.3, 0.4) is 0 Å². The molecule has 0 fully saturated rings. The molecule has 9 heteroatoms. The van der Waals surface area contributed by atoms with Gasteiger partial charge in [-0.3, -0.25) is 9.36 Å². The fourth-order valence-corrected chi connectivity index (χ4v) is 4.32. The zero-order valence-electron chi connectivity index (χ0n) is 19.3. The normalized spacial score (nSPS) is 10.8. The predicted molar refractivity (Wildman–Crippen MR) is 139 cm³/mol. The maximum absolute atomic E-state index is 14.7. The molecule has 0 saturated carbocycles. The number of hydrogen-bond donors (Lipinski definition) is 1. The molecule has 6 nitrogen and oxygen atoms in total. The SMILES string of the molecule is O=C(CSc1nnc(-c2ccccc2)n1-c1ccc(F)cc1F)Nc1ccc(Oc2ccccc2)cc1. The molecule has 0 atom stereocenters. The number of nitrogens with one attached hydrogen (secondary N) is 1. The average molecular weight is 515 g/mol. The maximum atomic E-state index is 14.7. The van der Waals surface area contributed by atoms with Gasteiger partial charge >= 0.3 is 0 Å². The molecule has 184 valence electrons. The largest absolute Gasteiger partial charge is 0.457 e. The van der Waals surface area contributed by atoms with Gasteiger partial charge in [0.25, 0.3) is 0 Å². The van der Waals surface area contributed by atoms with Crippen LogP contribution in [-0.4, -0.2) is 26.4 Å². The van der Waals surface area contributed by atoms with Crippen molar-refractivity contribution in [3.05, 3.63) is 115 Å². The second kappa shape index (κ2) is 11.0. The number of nitrogens with zero attached hydrogens (tertiary/aromatic N) is 3. The van der Waals surface area contributed by atoms with Crippen molar-refractivity contribution < 1.29 is 18.3 Å². The highest BCUT2D eigenvalue weighted by molar-refractivity contribution is 7.99. The summed E-state index contributed by atoms with van der Waals surface area (Å²) in [5.41, 5.74) is 1.39. The maximum Gasteiger partial charge on any atom is 0.234 e. The number of anilines is 1. The molecule has 0 unspecified atom stereocenters. The van der Waals surface area contributed by atoms with Gasteiger partial charge < -0.3 is 10.1 Å². The highest BCUT2D eigenvalue weighted by Gasteiger charge is 2.20. The van der Waals surface area contributed by atoms with Crippen LogP contribution in [0.5, 0.6) is 11.5 Å². The summed E-state index contributed by atoms with van der Waals surface area (Å²) in [6.07, 6.45) is 0. The first kappa shape index (κ1) is 24.2. The number of thioether (sulfide) groups is 1. The lowest BCUT2D eigenvalue weighted by Crippen LogP contribution is -2.14. The smallest absolute Gasteiger partial charge is 0.234 e. The third-order valence-corrected chi connectivity index (χ3v) is 6.19. The van der Waals surface area contributed by atoms with Gasteiger partial charge in [0, 0.05) is 17.3 Å². The third-order valence-electron chi connectivity index (χ3n) is 5.27. The fourth-order valence-electron chi connectivity index (χ4n) is 3.58. The zero-order chi connectivity index (χ0) is 25.6. The number of para-hydroxylation sites is 1. The molecule has 1 aromatic heterocycles. The lowest BCUT2D eigenvalue weighted by Gasteiger charge is -2.12. The minimum atomic E-state index is -0.763. The highest BCUT2D eigenvalue weighted by Crippen LogP contribution is 2.30. The first-order chi connectivity index (χ1) is 18.1. The molecule has 5 rings (SSSR count). The Kier molecular flexibility index (Phi) is 7.23. The Morgan fingerprint density at radius 1 is 0.838 bits per heavy atom. The monoisotopic (exact) mass is 514 g/mol. The number of amides is 1. The minimum Gasteiger partial charge on any atom is -0.457 e. The van der Waals surface area contributed by atoms with E-state index in [1.54, 1.807) is 24.3 Å². The second-order valence-corrected chi connectivity index (χ2v) is 8.82. The van der Waals surface area contributed by atoms with Gasteiger partial charge in [0.2, 0.25) is 5.91 Å². The summed E-state index contributed by atoms with van der Waals surface area (Å²) < 4.78 is 35.5. The van der Waals surface area contributed by atoms with Crippen molar-refractivity contribution in [3.63, 3.8) is 0 Å². The molecule has 1 N–H and O–H groups in total. The van der Waals surface area contributed by atoms with E-state index in [2.05, 4.69) is 15.5 Å². The van der Waals surface area contributed by atoms with Crippen molar-refractivity contribution in [3.8, 4) is 28.6 Å². The van der Waals surface area contributed by atoms with Gasteiger partial charge in [0.05, 0.1) is 11.4 Å². The summed E-state index contributed by atoms with van der Waals surface area (Å²) in [4.78, 5) is 12.7. The number of aromatic nitrogens is 3. The first-order valence-electron chi connectivity index (χ1n) is 11.3. The number of halogens is 2. The molecule has 0 aliphatic rings. The quantitative estimate of drug-likeness (QED) is 0.232. The summed E-state index contributed by atoms with van der Waals surface area (Å²) in [5.74, 6) is -0.00264. The van der Waals surface area contributed by atoms with Gasteiger partial charge in [-0.15, -0.1) is 10.2 Å². The van der Waals surface area contributed by atoms with E-state index in [-0.39, 0.29) is 17.3 Å². The Hall–Kier alpha value is -4.50. The molecule has 5 aromatic rings. The Morgan fingerprint density at radius 3 is 2.22 bits per heavy atom. The number of rotatable bonds is 8. The predicted octanol–water partition coefficient (Wildman–Crippen LogP) is 6.74. The van der Waals surface area contributed by atoms with Crippen molar-refractivity contribution in [2.24, 2.45) is 0 Å². The molecule has 0 saturated heterocycles. The van der Waals surface area contributed by atoms with E-state index in [1.165, 1.54) is 16.7 Å². The van der Waals surface area contributed by atoms with Crippen molar-refractivity contribution in [2.75, 3.05) is 11.1 Å². The van der Waals surface area contributed by atoms with Crippen LogP contribution >= 0.6 is 11.8 Å². The van der Waals surface area contributed by atoms with Crippen LogP contribution in [0.25, 0.3) is 17.1 Å². The van der Waals surface area contributed by atoms with Gasteiger partial charge in [-0.2, -0.15) is 0 Å². The Bertz CT molecular complexity index is 1510. The molecule has 0 spiro atoms. The second-order valence-electron chi connectivity index (χ2n) is 7.88. The average Bonchev–Trinajstić information content (AvgIpc) is 3.33. The molecule has 1 amide bonds. The summed E-state index contributed by atoms with van der Waals surface area (Å²) in [5, 5.41) is 11.5. The van der Waals surface area contributed by atoms with Crippen molar-refractivity contribution in [1.29, 1.82) is 0 Å². The molecule has 4 aromatic carbocycles. The van der Waals surface area contributed by atoms with Gasteiger partial charge in [0.1, 0.15) is 23.1 Å². The van der Waals surface area contributed by atoms with E-state index < -0.39 is 11.6 Å². The van der Waals surface area contributed by atoms with Crippen LogP contribution in [0.15, 0.2) is 108 Å². The van der Waals surface area contributed by atoms with E-state index in [4.69, 9.17) is 4.74 Å². The van der Waals surface area contributed by atoms with Gasteiger partial charge in [-0.05, 0) is 48.5 Å². The van der Waals surface area contributed by atoms with Crippen LogP contribution < -0.4 is 10.1 Å². The van der Waals surface area contributed by atoms with E-state index >= 15 is 0 Å². The summed E-state index contributed by atoms with van der Waals surface area (Å²) in [7, 11) is 0. The standard InChI is InChI=1S/C28H20F2N4O2S/c29-20-11-16-25(24(30)17-20)34-27(19-7-3-1-4-8-19)32-33-28(34)37-18-26(35)31-21-12-14-23(15-13-21)36-22-9-5-2-6-10-22/h1-17H,18H2,(H,31,35). The van der Waals surface area contributed by atoms with E-state index in [1.807, 2.05) is 60.7 Å². The number of benzene rings is 4. The summed E-state index contributed by atoms with van der Waals surface area (Å²) >= 11 is 1.09.